The second-order valence-electron chi connectivity index (χ2n) is 9.19. The van der Waals surface area contributed by atoms with Crippen LogP contribution in [-0.4, -0.2) is 73.1 Å². The predicted octanol–water partition coefficient (Wildman–Crippen LogP) is 2.26. The number of hydrogen-bond donors (Lipinski definition) is 1. The monoisotopic (exact) mass is 490 g/mol. The number of hydrogen-bond acceptors (Lipinski definition) is 9. The molecule has 10 nitrogen and oxygen atoms in total. The molecule has 0 spiro atoms. The molecule has 1 N–H and O–H groups in total. The van der Waals surface area contributed by atoms with Crippen molar-refractivity contribution >= 4 is 32.6 Å². The highest BCUT2D eigenvalue weighted by atomic mass is 32.2. The van der Waals surface area contributed by atoms with Crippen LogP contribution >= 0.6 is 0 Å². The van der Waals surface area contributed by atoms with E-state index in [0.29, 0.717) is 42.9 Å². The summed E-state index contributed by atoms with van der Waals surface area (Å²) in [4.78, 5) is 16.0. The van der Waals surface area contributed by atoms with Crippen molar-refractivity contribution < 1.29 is 22.3 Å². The number of morpholine rings is 1. The van der Waals surface area contributed by atoms with Gasteiger partial charge in [0, 0.05) is 13.3 Å². The predicted molar refractivity (Wildman–Crippen MR) is 126 cm³/mol. The number of ether oxygens (including phenoxy) is 2. The van der Waals surface area contributed by atoms with Crippen LogP contribution in [0, 0.1) is 5.82 Å². The van der Waals surface area contributed by atoms with Crippen molar-refractivity contribution in [3.05, 3.63) is 29.7 Å². The Morgan fingerprint density at radius 1 is 1.18 bits per heavy atom. The number of aromatic nitrogens is 4. The van der Waals surface area contributed by atoms with Crippen LogP contribution in [0.25, 0.3) is 17.0 Å². The maximum Gasteiger partial charge on any atom is 0.239 e. The fourth-order valence-corrected chi connectivity index (χ4v) is 4.93. The van der Waals surface area contributed by atoms with E-state index in [2.05, 4.69) is 15.2 Å². The molecule has 1 aromatic carbocycles. The van der Waals surface area contributed by atoms with Crippen LogP contribution in [0.2, 0.25) is 0 Å². The highest BCUT2D eigenvalue weighted by molar-refractivity contribution is 7.91. The van der Waals surface area contributed by atoms with E-state index in [0.717, 1.165) is 0 Å². The molecule has 2 atom stereocenters. The van der Waals surface area contributed by atoms with Crippen LogP contribution in [-0.2, 0) is 19.3 Å². The molecule has 2 aliphatic heterocycles. The van der Waals surface area contributed by atoms with Crippen LogP contribution in [0.5, 0.6) is 5.75 Å². The molecule has 12 heteroatoms. The average molecular weight is 491 g/mol. The number of rotatable bonds is 4. The Balaban J connectivity index is 1.85. The van der Waals surface area contributed by atoms with Gasteiger partial charge in [0.05, 0.1) is 30.8 Å². The molecule has 182 valence electrons. The van der Waals surface area contributed by atoms with Crippen LogP contribution in [0.4, 0.5) is 16.2 Å². The molecule has 34 heavy (non-hydrogen) atoms. The van der Waals surface area contributed by atoms with Gasteiger partial charge in [0.15, 0.2) is 27.2 Å². The minimum atomic E-state index is -3.60. The van der Waals surface area contributed by atoms with Crippen molar-refractivity contribution in [2.75, 3.05) is 43.3 Å². The summed E-state index contributed by atoms with van der Waals surface area (Å²) in [6, 6.07) is 4.54. The van der Waals surface area contributed by atoms with E-state index in [1.165, 1.54) is 12.3 Å². The Kier molecular flexibility index (Phi) is 5.21. The summed E-state index contributed by atoms with van der Waals surface area (Å²) in [7, 11) is -1.93. The fraction of sp³-hybridized carbons (Fsp3) is 0.500. The molecule has 4 heterocycles. The number of nitrogens with one attached hydrogen (secondary N) is 1. The number of imidazole rings is 1. The molecule has 3 aromatic rings. The molecule has 0 unspecified atom stereocenters. The summed E-state index contributed by atoms with van der Waals surface area (Å²) in [5.41, 5.74) is 0.856. The maximum atomic E-state index is 14.5. The third kappa shape index (κ3) is 3.30. The number of sulfone groups is 1. The summed E-state index contributed by atoms with van der Waals surface area (Å²) in [5, 5.41) is 2.97. The van der Waals surface area contributed by atoms with Gasteiger partial charge in [0.1, 0.15) is 22.6 Å². The van der Waals surface area contributed by atoms with E-state index in [1.54, 1.807) is 37.6 Å². The summed E-state index contributed by atoms with van der Waals surface area (Å²) in [6.45, 7) is 6.50. The summed E-state index contributed by atoms with van der Waals surface area (Å²) >= 11 is 0. The highest BCUT2D eigenvalue weighted by Crippen LogP contribution is 2.44. The van der Waals surface area contributed by atoms with Gasteiger partial charge < -0.3 is 19.7 Å². The van der Waals surface area contributed by atoms with Gasteiger partial charge in [-0.2, -0.15) is 4.98 Å². The van der Waals surface area contributed by atoms with Crippen LogP contribution in [0.3, 0.4) is 0 Å². The first kappa shape index (κ1) is 22.8. The summed E-state index contributed by atoms with van der Waals surface area (Å²) < 4.78 is 52.2. The van der Waals surface area contributed by atoms with Crippen molar-refractivity contribution in [1.29, 1.82) is 0 Å². The smallest absolute Gasteiger partial charge is 0.239 e. The van der Waals surface area contributed by atoms with Gasteiger partial charge >= 0.3 is 0 Å². The lowest BCUT2D eigenvalue weighted by molar-refractivity contribution is 0.0482. The minimum absolute atomic E-state index is 0.0147. The Hall–Kier alpha value is -2.99. The quantitative estimate of drug-likeness (QED) is 0.589. The second-order valence-corrected chi connectivity index (χ2v) is 11.8. The van der Waals surface area contributed by atoms with Crippen molar-refractivity contribution in [2.24, 2.45) is 0 Å². The molecule has 2 aromatic heterocycles. The Morgan fingerprint density at radius 3 is 2.65 bits per heavy atom. The number of benzene rings is 1. The van der Waals surface area contributed by atoms with Crippen molar-refractivity contribution in [3.8, 4) is 11.7 Å². The van der Waals surface area contributed by atoms with Gasteiger partial charge in [-0.1, -0.05) is 6.07 Å². The first-order chi connectivity index (χ1) is 16.0. The maximum absolute atomic E-state index is 14.5. The molecule has 0 bridgehead atoms. The normalized spacial score (nSPS) is 20.6. The van der Waals surface area contributed by atoms with Crippen molar-refractivity contribution in [3.63, 3.8) is 0 Å². The van der Waals surface area contributed by atoms with Gasteiger partial charge in [-0.15, -0.1) is 0 Å². The third-order valence-corrected chi connectivity index (χ3v) is 8.64. The molecular formula is C22H27FN6O4S. The minimum Gasteiger partial charge on any atom is -0.486 e. The van der Waals surface area contributed by atoms with Crippen LogP contribution in [0.1, 0.15) is 26.5 Å². The lowest BCUT2D eigenvalue weighted by Gasteiger charge is -2.45. The van der Waals surface area contributed by atoms with E-state index in [-0.39, 0.29) is 29.2 Å². The summed E-state index contributed by atoms with van der Waals surface area (Å²) in [6.07, 6.45) is 1.17. The van der Waals surface area contributed by atoms with Gasteiger partial charge in [0.2, 0.25) is 11.9 Å². The topological polar surface area (TPSA) is 111 Å². The zero-order valence-corrected chi connectivity index (χ0v) is 20.5. The zero-order valence-electron chi connectivity index (χ0n) is 19.7. The highest BCUT2D eigenvalue weighted by Gasteiger charge is 2.44. The van der Waals surface area contributed by atoms with Gasteiger partial charge in [0.25, 0.3) is 0 Å². The van der Waals surface area contributed by atoms with Crippen molar-refractivity contribution in [1.82, 2.24) is 19.5 Å². The standard InChI is InChI=1S/C22H27FN6O4S/c1-12-9-32-10-13-11-33-17-18(22(2,3)34(5,30)31)26-21(27-19(17)28(12)13)29-15-8-6-7-14(23)16(15)25-20(29)24-4/h6-8,12-13H,9-11H2,1-5H3,(H,24,25)/t12-,13+/m1/s1. The van der Waals surface area contributed by atoms with Crippen LogP contribution < -0.4 is 15.0 Å². The fourth-order valence-electron chi connectivity index (χ4n) is 4.44. The number of halogens is 1. The second kappa shape index (κ2) is 7.77. The Labute approximate surface area is 197 Å². The summed E-state index contributed by atoms with van der Waals surface area (Å²) in [5.74, 6) is 0.847. The molecule has 0 amide bonds. The van der Waals surface area contributed by atoms with Gasteiger partial charge in [-0.25, -0.2) is 27.3 Å². The molecule has 1 saturated heterocycles. The molecule has 0 radical (unpaired) electrons. The number of anilines is 2. The van der Waals surface area contributed by atoms with Crippen molar-refractivity contribution in [2.45, 2.75) is 37.6 Å². The molecule has 0 saturated carbocycles. The lowest BCUT2D eigenvalue weighted by Crippen LogP contribution is -2.56. The van der Waals surface area contributed by atoms with E-state index in [4.69, 9.17) is 19.4 Å². The Bertz CT molecular complexity index is 1390. The van der Waals surface area contributed by atoms with E-state index >= 15 is 0 Å². The third-order valence-electron chi connectivity index (χ3n) is 6.59. The zero-order chi connectivity index (χ0) is 24.4. The molecule has 0 aliphatic carbocycles. The van der Waals surface area contributed by atoms with Crippen LogP contribution in [0.15, 0.2) is 18.2 Å². The number of nitrogens with zero attached hydrogens (tertiary/aromatic N) is 5. The molecular weight excluding hydrogens is 463 g/mol. The van der Waals surface area contributed by atoms with E-state index in [9.17, 15) is 12.8 Å². The molecule has 2 aliphatic rings. The Morgan fingerprint density at radius 2 is 1.94 bits per heavy atom. The first-order valence-electron chi connectivity index (χ1n) is 11.0. The average Bonchev–Trinajstić information content (AvgIpc) is 3.17. The molecule has 1 fully saturated rings. The number of fused-ring (bicyclic) bond motifs is 4. The van der Waals surface area contributed by atoms with E-state index < -0.39 is 20.4 Å². The SMILES string of the molecule is CNc1nc2c(F)cccc2n1-c1nc2c(c(C(C)(C)S(C)(=O)=O)n1)OC[C@@H]1COC[C@@H](C)N21. The number of para-hydroxylation sites is 1. The lowest BCUT2D eigenvalue weighted by atomic mass is 10.0. The molecule has 5 rings (SSSR count). The largest absolute Gasteiger partial charge is 0.486 e. The van der Waals surface area contributed by atoms with E-state index in [1.807, 2.05) is 6.92 Å². The van der Waals surface area contributed by atoms with Gasteiger partial charge in [-0.05, 0) is 32.9 Å². The first-order valence-corrected chi connectivity index (χ1v) is 12.9. The van der Waals surface area contributed by atoms with Gasteiger partial charge in [-0.3, -0.25) is 0 Å².